The molecule has 2 N–H and O–H groups in total. The lowest BCUT2D eigenvalue weighted by molar-refractivity contribution is -0.142. The Bertz CT molecular complexity index is 353. The van der Waals surface area contributed by atoms with E-state index in [1.807, 2.05) is 24.3 Å². The fraction of sp³-hybridized carbons (Fsp3) is 0.417. The first-order chi connectivity index (χ1) is 8.11. The second kappa shape index (κ2) is 7.42. The summed E-state index contributed by atoms with van der Waals surface area (Å²) in [5.74, 6) is -0.400. The molecule has 0 spiro atoms. The third-order valence-electron chi connectivity index (χ3n) is 2.25. The molecule has 0 saturated carbocycles. The van der Waals surface area contributed by atoms with E-state index in [9.17, 15) is 9.90 Å². The number of halogens is 1. The Morgan fingerprint density at radius 3 is 2.71 bits per heavy atom. The molecule has 0 aromatic heterocycles. The third-order valence-corrected chi connectivity index (χ3v) is 2.78. The highest BCUT2D eigenvalue weighted by molar-refractivity contribution is 9.10. The Kier molecular flexibility index (Phi) is 6.18. The average molecular weight is 302 g/mol. The second-order valence-corrected chi connectivity index (χ2v) is 4.61. The molecule has 1 rings (SSSR count). The van der Waals surface area contributed by atoms with Crippen LogP contribution in [-0.2, 0) is 16.1 Å². The van der Waals surface area contributed by atoms with Gasteiger partial charge >= 0.3 is 5.97 Å². The van der Waals surface area contributed by atoms with Crippen molar-refractivity contribution >= 4 is 21.9 Å². The van der Waals surface area contributed by atoms with Gasteiger partial charge in [-0.2, -0.15) is 0 Å². The highest BCUT2D eigenvalue weighted by Crippen LogP contribution is 2.10. The van der Waals surface area contributed by atoms with Crippen LogP contribution in [-0.4, -0.2) is 30.8 Å². The first-order valence-corrected chi connectivity index (χ1v) is 6.11. The highest BCUT2D eigenvalue weighted by atomic mass is 79.9. The summed E-state index contributed by atoms with van der Waals surface area (Å²) >= 11 is 3.36. The minimum absolute atomic E-state index is 0.0177. The summed E-state index contributed by atoms with van der Waals surface area (Å²) in [6.07, 6.45) is -0.693. The highest BCUT2D eigenvalue weighted by Gasteiger charge is 2.09. The molecular formula is C12H16BrNO3. The Balaban J connectivity index is 2.23. The summed E-state index contributed by atoms with van der Waals surface area (Å²) in [5, 5.41) is 12.6. The van der Waals surface area contributed by atoms with Crippen LogP contribution in [0.1, 0.15) is 12.0 Å². The molecule has 0 heterocycles. The number of nitrogens with one attached hydrogen (secondary N) is 1. The summed E-state index contributed by atoms with van der Waals surface area (Å²) in [6.45, 7) is 1.02. The number of methoxy groups -OCH3 is 1. The molecular weight excluding hydrogens is 286 g/mol. The lowest BCUT2D eigenvalue weighted by Crippen LogP contribution is -2.28. The predicted octanol–water partition coefficient (Wildman–Crippen LogP) is 1.46. The molecule has 17 heavy (non-hydrogen) atoms. The number of carbonyl (C=O) groups is 1. The Hall–Kier alpha value is -0.910. The summed E-state index contributed by atoms with van der Waals surface area (Å²) in [5.41, 5.74) is 1.12. The SMILES string of the molecule is COC(=O)CC(O)CNCc1ccc(Br)cc1. The molecule has 1 aromatic rings. The molecule has 0 radical (unpaired) electrons. The minimum atomic E-state index is -0.710. The summed E-state index contributed by atoms with van der Waals surface area (Å²) in [4.78, 5) is 10.9. The molecule has 5 heteroatoms. The van der Waals surface area contributed by atoms with Gasteiger partial charge in [-0.25, -0.2) is 0 Å². The standard InChI is InChI=1S/C12H16BrNO3/c1-17-12(16)6-11(15)8-14-7-9-2-4-10(13)5-3-9/h2-5,11,14-15H,6-8H2,1H3. The van der Waals surface area contributed by atoms with E-state index in [1.165, 1.54) is 7.11 Å². The molecule has 0 amide bonds. The second-order valence-electron chi connectivity index (χ2n) is 3.69. The van der Waals surface area contributed by atoms with Crippen LogP contribution in [0.25, 0.3) is 0 Å². The van der Waals surface area contributed by atoms with Crippen molar-refractivity contribution in [1.82, 2.24) is 5.32 Å². The minimum Gasteiger partial charge on any atom is -0.469 e. The van der Waals surface area contributed by atoms with Crippen LogP contribution in [0.5, 0.6) is 0 Å². The van der Waals surface area contributed by atoms with Gasteiger partial charge in [-0.3, -0.25) is 4.79 Å². The van der Waals surface area contributed by atoms with E-state index in [4.69, 9.17) is 0 Å². The Labute approximate surface area is 109 Å². The predicted molar refractivity (Wildman–Crippen MR) is 68.5 cm³/mol. The van der Waals surface area contributed by atoms with Crippen LogP contribution < -0.4 is 5.32 Å². The molecule has 0 aliphatic heterocycles. The molecule has 1 aromatic carbocycles. The van der Waals surface area contributed by atoms with Crippen molar-refractivity contribution in [3.63, 3.8) is 0 Å². The number of carbonyl (C=O) groups excluding carboxylic acids is 1. The number of hydrogen-bond donors (Lipinski definition) is 2. The first kappa shape index (κ1) is 14.2. The molecule has 0 bridgehead atoms. The zero-order valence-corrected chi connectivity index (χ0v) is 11.2. The monoisotopic (exact) mass is 301 g/mol. The molecule has 4 nitrogen and oxygen atoms in total. The van der Waals surface area contributed by atoms with Crippen molar-refractivity contribution < 1.29 is 14.6 Å². The molecule has 0 aliphatic rings. The van der Waals surface area contributed by atoms with E-state index in [0.29, 0.717) is 13.1 Å². The van der Waals surface area contributed by atoms with Crippen LogP contribution in [0.3, 0.4) is 0 Å². The average Bonchev–Trinajstić information content (AvgIpc) is 2.31. The number of benzene rings is 1. The van der Waals surface area contributed by atoms with Crippen molar-refractivity contribution in [3.05, 3.63) is 34.3 Å². The van der Waals surface area contributed by atoms with Crippen molar-refractivity contribution in [2.75, 3.05) is 13.7 Å². The molecule has 94 valence electrons. The van der Waals surface area contributed by atoms with Crippen molar-refractivity contribution in [2.45, 2.75) is 19.1 Å². The van der Waals surface area contributed by atoms with Gasteiger partial charge in [-0.15, -0.1) is 0 Å². The lowest BCUT2D eigenvalue weighted by atomic mass is 10.2. The number of ether oxygens (including phenoxy) is 1. The van der Waals surface area contributed by atoms with Crippen molar-refractivity contribution in [1.29, 1.82) is 0 Å². The van der Waals surface area contributed by atoms with E-state index in [-0.39, 0.29) is 6.42 Å². The normalized spacial score (nSPS) is 12.2. The number of aliphatic hydroxyl groups is 1. The Morgan fingerprint density at radius 1 is 1.47 bits per heavy atom. The van der Waals surface area contributed by atoms with E-state index in [2.05, 4.69) is 26.0 Å². The van der Waals surface area contributed by atoms with Gasteiger partial charge in [0, 0.05) is 17.6 Å². The van der Waals surface area contributed by atoms with Crippen LogP contribution in [0.2, 0.25) is 0 Å². The number of aliphatic hydroxyl groups excluding tert-OH is 1. The first-order valence-electron chi connectivity index (χ1n) is 5.32. The maximum absolute atomic E-state index is 10.9. The number of rotatable bonds is 6. The van der Waals surface area contributed by atoms with E-state index < -0.39 is 12.1 Å². The zero-order chi connectivity index (χ0) is 12.7. The summed E-state index contributed by atoms with van der Waals surface area (Å²) < 4.78 is 5.50. The van der Waals surface area contributed by atoms with Gasteiger partial charge in [-0.05, 0) is 17.7 Å². The van der Waals surface area contributed by atoms with E-state index in [0.717, 1.165) is 10.0 Å². The molecule has 0 fully saturated rings. The number of esters is 1. The molecule has 1 atom stereocenters. The van der Waals surface area contributed by atoms with Gasteiger partial charge in [0.1, 0.15) is 0 Å². The molecule has 1 unspecified atom stereocenters. The van der Waals surface area contributed by atoms with Crippen molar-refractivity contribution in [2.24, 2.45) is 0 Å². The zero-order valence-electron chi connectivity index (χ0n) is 9.65. The van der Waals surface area contributed by atoms with Gasteiger partial charge < -0.3 is 15.2 Å². The van der Waals surface area contributed by atoms with Gasteiger partial charge in [0.25, 0.3) is 0 Å². The maximum atomic E-state index is 10.9. The Morgan fingerprint density at radius 2 is 2.12 bits per heavy atom. The topological polar surface area (TPSA) is 58.6 Å². The van der Waals surface area contributed by atoms with Crippen LogP contribution in [0.4, 0.5) is 0 Å². The smallest absolute Gasteiger partial charge is 0.308 e. The van der Waals surface area contributed by atoms with E-state index >= 15 is 0 Å². The van der Waals surface area contributed by atoms with Gasteiger partial charge in [0.05, 0.1) is 19.6 Å². The third kappa shape index (κ3) is 5.81. The molecule has 0 saturated heterocycles. The maximum Gasteiger partial charge on any atom is 0.308 e. The van der Waals surface area contributed by atoms with Crippen LogP contribution in [0, 0.1) is 0 Å². The lowest BCUT2D eigenvalue weighted by Gasteiger charge is -2.10. The summed E-state index contributed by atoms with van der Waals surface area (Å²) in [7, 11) is 1.31. The van der Waals surface area contributed by atoms with Crippen LogP contribution >= 0.6 is 15.9 Å². The number of hydrogen-bond acceptors (Lipinski definition) is 4. The summed E-state index contributed by atoms with van der Waals surface area (Å²) in [6, 6.07) is 7.90. The van der Waals surface area contributed by atoms with Gasteiger partial charge in [0.15, 0.2) is 0 Å². The van der Waals surface area contributed by atoms with E-state index in [1.54, 1.807) is 0 Å². The van der Waals surface area contributed by atoms with Gasteiger partial charge in [-0.1, -0.05) is 28.1 Å². The van der Waals surface area contributed by atoms with Crippen LogP contribution in [0.15, 0.2) is 28.7 Å². The largest absolute Gasteiger partial charge is 0.469 e. The van der Waals surface area contributed by atoms with Crippen molar-refractivity contribution in [3.8, 4) is 0 Å². The fourth-order valence-electron chi connectivity index (χ4n) is 1.33. The fourth-order valence-corrected chi connectivity index (χ4v) is 1.60. The quantitative estimate of drug-likeness (QED) is 0.781. The van der Waals surface area contributed by atoms with Gasteiger partial charge in [0.2, 0.25) is 0 Å². The molecule has 0 aliphatic carbocycles.